The van der Waals surface area contributed by atoms with E-state index in [1.807, 2.05) is 76.2 Å². The van der Waals surface area contributed by atoms with E-state index in [9.17, 15) is 8.42 Å². The Morgan fingerprint density at radius 3 is 1.77 bits per heavy atom. The predicted molar refractivity (Wildman–Crippen MR) is 138 cm³/mol. The summed E-state index contributed by atoms with van der Waals surface area (Å²) in [4.78, 5) is 9.24. The molecule has 0 radical (unpaired) electrons. The van der Waals surface area contributed by atoms with Gasteiger partial charge in [-0.2, -0.15) is 0 Å². The number of hydrogen-bond acceptors (Lipinski definition) is 6. The number of primary sulfonamides is 1. The smallest absolute Gasteiger partial charge is 0.257 e. The first-order valence-electron chi connectivity index (χ1n) is 11.2. The third-order valence-corrected chi connectivity index (χ3v) is 7.82. The molecule has 178 valence electrons. The molecule has 4 aromatic rings. The van der Waals surface area contributed by atoms with Gasteiger partial charge in [-0.25, -0.2) is 18.5 Å². The summed E-state index contributed by atoms with van der Waals surface area (Å²) in [6.45, 7) is 7.86. The van der Waals surface area contributed by atoms with E-state index < -0.39 is 15.4 Å². The second-order valence-corrected chi connectivity index (χ2v) is 10.8. The van der Waals surface area contributed by atoms with Gasteiger partial charge < -0.3 is 11.5 Å². The molecule has 0 saturated heterocycles. The zero-order chi connectivity index (χ0) is 25.3. The van der Waals surface area contributed by atoms with Crippen LogP contribution in [-0.4, -0.2) is 18.4 Å². The van der Waals surface area contributed by atoms with E-state index in [1.165, 1.54) is 6.20 Å². The molecule has 0 bridgehead atoms. The van der Waals surface area contributed by atoms with Gasteiger partial charge in [0.1, 0.15) is 0 Å². The van der Waals surface area contributed by atoms with Gasteiger partial charge in [-0.15, -0.1) is 0 Å². The Balaban J connectivity index is 2.03. The number of nitrogens with zero attached hydrogens (tertiary/aromatic N) is 2. The molecule has 5 rings (SSSR count). The Labute approximate surface area is 205 Å². The number of aromatic nitrogens is 2. The highest BCUT2D eigenvalue weighted by molar-refractivity contribution is 7.89. The number of sulfonamides is 1. The maximum atomic E-state index is 12.3. The zero-order valence-electron chi connectivity index (χ0n) is 20.0. The molecule has 0 unspecified atom stereocenters. The molecule has 1 heterocycles. The summed E-state index contributed by atoms with van der Waals surface area (Å²) in [5, 5.41) is 5.22. The predicted octanol–water partition coefficient (Wildman–Crippen LogP) is 3.89. The van der Waals surface area contributed by atoms with Crippen LogP contribution in [-0.2, 0) is 15.4 Å². The molecule has 0 atom stereocenters. The number of nitrogens with two attached hydrogens (primary N) is 3. The van der Waals surface area contributed by atoms with Gasteiger partial charge in [-0.3, -0.25) is 4.98 Å². The third-order valence-electron chi connectivity index (χ3n) is 7.04. The Morgan fingerprint density at radius 1 is 0.800 bits per heavy atom. The van der Waals surface area contributed by atoms with Gasteiger partial charge in [-0.1, -0.05) is 48.5 Å². The van der Waals surface area contributed by atoms with E-state index >= 15 is 0 Å². The molecule has 0 aliphatic heterocycles. The summed E-state index contributed by atoms with van der Waals surface area (Å²) in [5.41, 5.74) is 21.6. The highest BCUT2D eigenvalue weighted by Crippen LogP contribution is 2.55. The van der Waals surface area contributed by atoms with Crippen LogP contribution in [0.2, 0.25) is 0 Å². The summed E-state index contributed by atoms with van der Waals surface area (Å²) in [5.74, 6) is 0. The van der Waals surface area contributed by atoms with E-state index in [0.29, 0.717) is 22.8 Å². The monoisotopic (exact) mass is 485 g/mol. The van der Waals surface area contributed by atoms with Crippen LogP contribution in [0.1, 0.15) is 44.6 Å². The number of fused-ring (bicyclic) bond motifs is 3. The fourth-order valence-electron chi connectivity index (χ4n) is 5.25. The van der Waals surface area contributed by atoms with Crippen molar-refractivity contribution in [3.05, 3.63) is 99.4 Å². The van der Waals surface area contributed by atoms with Gasteiger partial charge in [0.05, 0.1) is 23.0 Å². The van der Waals surface area contributed by atoms with Crippen molar-refractivity contribution in [2.24, 2.45) is 5.14 Å². The molecule has 1 aliphatic rings. The topological polar surface area (TPSA) is 138 Å². The van der Waals surface area contributed by atoms with Crippen LogP contribution in [0.25, 0.3) is 11.3 Å². The lowest BCUT2D eigenvalue weighted by Gasteiger charge is -2.34. The highest BCUT2D eigenvalue weighted by Gasteiger charge is 2.49. The van der Waals surface area contributed by atoms with E-state index in [2.05, 4.69) is 9.97 Å². The lowest BCUT2D eigenvalue weighted by Crippen LogP contribution is -2.31. The average molecular weight is 486 g/mol. The zero-order valence-corrected chi connectivity index (χ0v) is 20.9. The Hall–Kier alpha value is -3.75. The van der Waals surface area contributed by atoms with E-state index in [1.54, 1.807) is 0 Å². The molecular weight excluding hydrogens is 458 g/mol. The van der Waals surface area contributed by atoms with Crippen LogP contribution >= 0.6 is 0 Å². The van der Waals surface area contributed by atoms with Crippen molar-refractivity contribution in [3.63, 3.8) is 0 Å². The van der Waals surface area contributed by atoms with Crippen LogP contribution < -0.4 is 16.6 Å². The van der Waals surface area contributed by atoms with Crippen molar-refractivity contribution in [3.8, 4) is 11.3 Å². The molecular formula is C27H27N5O2S. The fraction of sp³-hybridized carbons (Fsp3) is 0.185. The van der Waals surface area contributed by atoms with E-state index in [0.717, 1.165) is 44.5 Å². The normalized spacial score (nSPS) is 14.0. The summed E-state index contributed by atoms with van der Waals surface area (Å²) < 4.78 is 24.7. The molecule has 8 heteroatoms. The second-order valence-electron chi connectivity index (χ2n) is 9.29. The first-order chi connectivity index (χ1) is 16.5. The minimum atomic E-state index is -4.09. The average Bonchev–Trinajstić information content (AvgIpc) is 3.10. The number of benzene rings is 3. The minimum Gasteiger partial charge on any atom is -0.398 e. The fourth-order valence-corrected chi connectivity index (χ4v) is 5.66. The summed E-state index contributed by atoms with van der Waals surface area (Å²) in [6, 6.07) is 16.1. The van der Waals surface area contributed by atoms with Gasteiger partial charge in [0, 0.05) is 16.9 Å². The van der Waals surface area contributed by atoms with E-state index in [-0.39, 0.29) is 5.03 Å². The van der Waals surface area contributed by atoms with Gasteiger partial charge in [0.25, 0.3) is 10.0 Å². The third kappa shape index (κ3) is 3.25. The lowest BCUT2D eigenvalue weighted by molar-refractivity contribution is 0.591. The lowest BCUT2D eigenvalue weighted by atomic mass is 9.68. The number of anilines is 2. The number of hydrogen-bond donors (Lipinski definition) is 3. The molecule has 6 N–H and O–H groups in total. The van der Waals surface area contributed by atoms with Crippen LogP contribution in [0.15, 0.2) is 59.8 Å². The van der Waals surface area contributed by atoms with Gasteiger partial charge >= 0.3 is 0 Å². The quantitative estimate of drug-likeness (QED) is 0.332. The first-order valence-corrected chi connectivity index (χ1v) is 12.8. The first kappa shape index (κ1) is 23.0. The summed E-state index contributed by atoms with van der Waals surface area (Å²) in [6.07, 6.45) is 1.22. The van der Waals surface area contributed by atoms with Crippen LogP contribution in [0.3, 0.4) is 0 Å². The number of aryl methyl sites for hydroxylation is 4. The molecule has 1 aliphatic carbocycles. The van der Waals surface area contributed by atoms with Crippen molar-refractivity contribution in [2.75, 3.05) is 11.5 Å². The molecule has 0 fully saturated rings. The Bertz CT molecular complexity index is 1540. The van der Waals surface area contributed by atoms with Crippen molar-refractivity contribution in [1.29, 1.82) is 0 Å². The van der Waals surface area contributed by atoms with Gasteiger partial charge in [0.2, 0.25) is 0 Å². The molecule has 0 amide bonds. The summed E-state index contributed by atoms with van der Waals surface area (Å²) in [7, 11) is -4.09. The van der Waals surface area contributed by atoms with Crippen LogP contribution in [0, 0.1) is 27.7 Å². The van der Waals surface area contributed by atoms with Crippen molar-refractivity contribution in [2.45, 2.75) is 38.1 Å². The summed E-state index contributed by atoms with van der Waals surface area (Å²) >= 11 is 0. The van der Waals surface area contributed by atoms with Crippen molar-refractivity contribution >= 4 is 21.4 Å². The van der Waals surface area contributed by atoms with Crippen LogP contribution in [0.4, 0.5) is 11.4 Å². The number of rotatable bonds is 3. The molecule has 35 heavy (non-hydrogen) atoms. The van der Waals surface area contributed by atoms with E-state index in [4.69, 9.17) is 16.6 Å². The largest absolute Gasteiger partial charge is 0.398 e. The molecule has 0 spiro atoms. The molecule has 1 aromatic heterocycles. The van der Waals surface area contributed by atoms with Gasteiger partial charge in [-0.05, 0) is 66.6 Å². The highest BCUT2D eigenvalue weighted by atomic mass is 32.2. The van der Waals surface area contributed by atoms with Gasteiger partial charge in [0.15, 0.2) is 5.03 Å². The Kier molecular flexibility index (Phi) is 5.02. The van der Waals surface area contributed by atoms with Crippen LogP contribution in [0.5, 0.6) is 0 Å². The molecule has 0 saturated carbocycles. The van der Waals surface area contributed by atoms with Crippen molar-refractivity contribution in [1.82, 2.24) is 9.97 Å². The standard InChI is InChI=1S/C27H27N5O2S/c1-14-9-18(10-15(2)23(14)28)27(19-11-16(3)24(29)17(4)12-19)21-8-6-5-7-20(21)25-26(27)32-22(13-31-25)35(30,33)34/h5-13H,28-29H2,1-4H3,(H2,30,33,34). The van der Waals surface area contributed by atoms with Crippen molar-refractivity contribution < 1.29 is 8.42 Å². The maximum Gasteiger partial charge on any atom is 0.257 e. The minimum absolute atomic E-state index is 0.277. The molecule has 7 nitrogen and oxygen atoms in total. The number of nitrogen functional groups attached to an aromatic ring is 2. The second kappa shape index (κ2) is 7.63. The molecule has 3 aromatic carbocycles. The Morgan fingerprint density at radius 2 is 1.29 bits per heavy atom. The maximum absolute atomic E-state index is 12.3. The SMILES string of the molecule is Cc1cc(C2(c3cc(C)c(N)c(C)c3)c3ccccc3-c3ncc(S(N)(=O)=O)nc32)cc(C)c1N.